The summed E-state index contributed by atoms with van der Waals surface area (Å²) in [5.74, 6) is -0.612. The fraction of sp³-hybridized carbons (Fsp3) is 0.500. The van der Waals surface area contributed by atoms with Gasteiger partial charge in [-0.2, -0.15) is 4.31 Å². The van der Waals surface area contributed by atoms with Gasteiger partial charge in [-0.05, 0) is 43.4 Å². The summed E-state index contributed by atoms with van der Waals surface area (Å²) in [6.07, 6.45) is 2.86. The first kappa shape index (κ1) is 14.5. The molecular weight excluding hydrogens is 295 g/mol. The Morgan fingerprint density at radius 3 is 2.90 bits per heavy atom. The molecular formula is C14H17FN2O3S. The Balaban J connectivity index is 1.93. The molecule has 0 aromatic heterocycles. The van der Waals surface area contributed by atoms with Crippen molar-refractivity contribution in [2.24, 2.45) is 5.92 Å². The number of nitrogens with zero attached hydrogens (tertiary/aromatic N) is 1. The summed E-state index contributed by atoms with van der Waals surface area (Å²) in [7, 11) is -3.63. The molecule has 1 amide bonds. The Morgan fingerprint density at radius 1 is 1.43 bits per heavy atom. The molecule has 1 aliphatic heterocycles. The van der Waals surface area contributed by atoms with Gasteiger partial charge >= 0.3 is 0 Å². The van der Waals surface area contributed by atoms with Crippen LogP contribution in [0.1, 0.15) is 26.2 Å². The van der Waals surface area contributed by atoms with E-state index in [1.807, 2.05) is 0 Å². The molecule has 1 saturated carbocycles. The molecule has 1 saturated heterocycles. The van der Waals surface area contributed by atoms with Crippen molar-refractivity contribution >= 4 is 21.6 Å². The number of sulfonamides is 1. The van der Waals surface area contributed by atoms with Gasteiger partial charge in [-0.3, -0.25) is 4.79 Å². The average Bonchev–Trinajstić information content (AvgIpc) is 3.19. The molecule has 114 valence electrons. The third kappa shape index (κ3) is 2.67. The number of fused-ring (bicyclic) bond motifs is 1. The molecule has 0 bridgehead atoms. The van der Waals surface area contributed by atoms with E-state index in [1.54, 1.807) is 0 Å². The van der Waals surface area contributed by atoms with E-state index >= 15 is 0 Å². The highest BCUT2D eigenvalue weighted by Gasteiger charge is 2.49. The zero-order valence-corrected chi connectivity index (χ0v) is 12.5. The van der Waals surface area contributed by atoms with Gasteiger partial charge in [0.25, 0.3) is 0 Å². The van der Waals surface area contributed by atoms with Gasteiger partial charge in [-0.1, -0.05) is 0 Å². The lowest BCUT2D eigenvalue weighted by Crippen LogP contribution is -2.37. The third-order valence-corrected chi connectivity index (χ3v) is 5.98. The largest absolute Gasteiger partial charge is 0.324 e. The van der Waals surface area contributed by atoms with Crippen LogP contribution in [0.2, 0.25) is 0 Å². The number of carbonyl (C=O) groups excluding carboxylic acids is 1. The lowest BCUT2D eigenvalue weighted by molar-refractivity contribution is -0.114. The van der Waals surface area contributed by atoms with Crippen molar-refractivity contribution in [3.8, 4) is 0 Å². The molecule has 2 fully saturated rings. The van der Waals surface area contributed by atoms with Crippen LogP contribution in [0.4, 0.5) is 10.1 Å². The number of benzene rings is 1. The molecule has 3 rings (SSSR count). The van der Waals surface area contributed by atoms with Crippen LogP contribution in [-0.2, 0) is 14.8 Å². The highest BCUT2D eigenvalue weighted by molar-refractivity contribution is 7.89. The maximum absolute atomic E-state index is 13.6. The Hall–Kier alpha value is -1.47. The molecule has 1 aromatic rings. The standard InChI is InChI=1S/C14H17FN2O3S/c1-9(18)16-13-8-11(4-5-12(13)15)21(19,20)17-6-2-3-10-7-14(10)17/h4-5,8,10,14H,2-3,6-7H2,1H3,(H,16,18)/t10-,14+/m1/s1. The van der Waals surface area contributed by atoms with E-state index in [9.17, 15) is 17.6 Å². The Bertz CT molecular complexity index is 689. The highest BCUT2D eigenvalue weighted by Crippen LogP contribution is 2.45. The molecule has 2 atom stereocenters. The Morgan fingerprint density at radius 2 is 2.19 bits per heavy atom. The van der Waals surface area contributed by atoms with Gasteiger partial charge in [0, 0.05) is 19.5 Å². The predicted molar refractivity (Wildman–Crippen MR) is 75.7 cm³/mol. The predicted octanol–water partition coefficient (Wildman–Crippen LogP) is 1.96. The molecule has 21 heavy (non-hydrogen) atoms. The first-order valence-electron chi connectivity index (χ1n) is 6.98. The number of nitrogens with one attached hydrogen (secondary N) is 1. The zero-order valence-electron chi connectivity index (χ0n) is 11.7. The molecule has 0 unspecified atom stereocenters. The van der Waals surface area contributed by atoms with Gasteiger partial charge in [0.1, 0.15) is 5.82 Å². The van der Waals surface area contributed by atoms with Crippen LogP contribution in [0.5, 0.6) is 0 Å². The number of anilines is 1. The number of piperidine rings is 1. The van der Waals surface area contributed by atoms with E-state index in [-0.39, 0.29) is 16.6 Å². The molecule has 0 spiro atoms. The lowest BCUT2D eigenvalue weighted by Gasteiger charge is -2.26. The second-order valence-electron chi connectivity index (χ2n) is 5.64. The Labute approximate surface area is 123 Å². The summed E-state index contributed by atoms with van der Waals surface area (Å²) in [4.78, 5) is 11.1. The smallest absolute Gasteiger partial charge is 0.243 e. The van der Waals surface area contributed by atoms with Crippen LogP contribution in [0.15, 0.2) is 23.1 Å². The van der Waals surface area contributed by atoms with Crippen molar-refractivity contribution in [3.63, 3.8) is 0 Å². The van der Waals surface area contributed by atoms with Crippen molar-refractivity contribution in [2.75, 3.05) is 11.9 Å². The molecule has 1 N–H and O–H groups in total. The third-order valence-electron chi connectivity index (χ3n) is 4.06. The first-order valence-corrected chi connectivity index (χ1v) is 8.42. The van der Waals surface area contributed by atoms with Gasteiger partial charge in [0.15, 0.2) is 0 Å². The normalized spacial score (nSPS) is 25.2. The lowest BCUT2D eigenvalue weighted by atomic mass is 10.2. The number of amides is 1. The van der Waals surface area contributed by atoms with Crippen LogP contribution < -0.4 is 5.32 Å². The fourth-order valence-electron chi connectivity index (χ4n) is 2.95. The summed E-state index contributed by atoms with van der Waals surface area (Å²) in [5.41, 5.74) is -0.104. The van der Waals surface area contributed by atoms with E-state index < -0.39 is 21.7 Å². The minimum atomic E-state index is -3.63. The van der Waals surface area contributed by atoms with E-state index in [0.717, 1.165) is 25.3 Å². The molecule has 7 heteroatoms. The van der Waals surface area contributed by atoms with Crippen LogP contribution in [-0.4, -0.2) is 31.2 Å². The fourth-order valence-corrected chi connectivity index (χ4v) is 4.72. The molecule has 1 heterocycles. The molecule has 1 aromatic carbocycles. The van der Waals surface area contributed by atoms with Gasteiger partial charge in [0.2, 0.25) is 15.9 Å². The summed E-state index contributed by atoms with van der Waals surface area (Å²) in [6, 6.07) is 3.62. The molecule has 0 radical (unpaired) electrons. The molecule has 1 aliphatic carbocycles. The quantitative estimate of drug-likeness (QED) is 0.928. The van der Waals surface area contributed by atoms with Crippen molar-refractivity contribution in [3.05, 3.63) is 24.0 Å². The summed E-state index contributed by atoms with van der Waals surface area (Å²) in [5, 5.41) is 2.31. The van der Waals surface area contributed by atoms with Gasteiger partial charge in [0.05, 0.1) is 10.6 Å². The van der Waals surface area contributed by atoms with Gasteiger partial charge in [-0.15, -0.1) is 0 Å². The molecule has 2 aliphatic rings. The number of rotatable bonds is 3. The van der Waals surface area contributed by atoms with E-state index in [4.69, 9.17) is 0 Å². The number of halogens is 1. The first-order chi connectivity index (χ1) is 9.89. The van der Waals surface area contributed by atoms with Crippen molar-refractivity contribution in [1.29, 1.82) is 0 Å². The van der Waals surface area contributed by atoms with Gasteiger partial charge < -0.3 is 5.32 Å². The maximum atomic E-state index is 13.6. The van der Waals surface area contributed by atoms with E-state index in [2.05, 4.69) is 5.32 Å². The second-order valence-corrected chi connectivity index (χ2v) is 7.53. The van der Waals surface area contributed by atoms with E-state index in [1.165, 1.54) is 23.4 Å². The van der Waals surface area contributed by atoms with Crippen LogP contribution in [0, 0.1) is 11.7 Å². The average molecular weight is 312 g/mol. The van der Waals surface area contributed by atoms with E-state index in [0.29, 0.717) is 12.5 Å². The zero-order chi connectivity index (χ0) is 15.2. The van der Waals surface area contributed by atoms with Crippen molar-refractivity contribution in [1.82, 2.24) is 4.31 Å². The van der Waals surface area contributed by atoms with Gasteiger partial charge in [-0.25, -0.2) is 12.8 Å². The topological polar surface area (TPSA) is 66.5 Å². The number of hydrogen-bond donors (Lipinski definition) is 1. The van der Waals surface area contributed by atoms with Crippen molar-refractivity contribution in [2.45, 2.75) is 37.1 Å². The van der Waals surface area contributed by atoms with Crippen LogP contribution in [0.25, 0.3) is 0 Å². The maximum Gasteiger partial charge on any atom is 0.243 e. The summed E-state index contributed by atoms with van der Waals surface area (Å²) >= 11 is 0. The van der Waals surface area contributed by atoms with Crippen molar-refractivity contribution < 1.29 is 17.6 Å². The summed E-state index contributed by atoms with van der Waals surface area (Å²) < 4.78 is 40.5. The SMILES string of the molecule is CC(=O)Nc1cc(S(=O)(=O)N2CCC[C@@H]3C[C@@H]32)ccc1F. The minimum Gasteiger partial charge on any atom is -0.324 e. The number of carbonyl (C=O) groups is 1. The monoisotopic (exact) mass is 312 g/mol. The molecule has 5 nitrogen and oxygen atoms in total. The number of hydrogen-bond acceptors (Lipinski definition) is 3. The Kier molecular flexibility index (Phi) is 3.49. The second kappa shape index (κ2) is 5.06. The minimum absolute atomic E-state index is 0.0280. The van der Waals surface area contributed by atoms with Crippen LogP contribution >= 0.6 is 0 Å². The van der Waals surface area contributed by atoms with Crippen LogP contribution in [0.3, 0.4) is 0 Å². The summed E-state index contributed by atoms with van der Waals surface area (Å²) in [6.45, 7) is 1.76. The highest BCUT2D eigenvalue weighted by atomic mass is 32.2.